The van der Waals surface area contributed by atoms with E-state index in [-0.39, 0.29) is 25.7 Å². The van der Waals surface area contributed by atoms with E-state index >= 15 is 0 Å². The van der Waals surface area contributed by atoms with Crippen LogP contribution in [0.15, 0.2) is 0 Å². The highest BCUT2D eigenvalue weighted by atomic mass is 19.3. The zero-order valence-corrected chi connectivity index (χ0v) is 10.6. The summed E-state index contributed by atoms with van der Waals surface area (Å²) in [6.07, 6.45) is -1.20. The van der Waals surface area contributed by atoms with Crippen molar-refractivity contribution in [3.63, 3.8) is 0 Å². The number of nitrogens with two attached hydrogens (primary N) is 1. The first-order valence-electron chi connectivity index (χ1n) is 5.94. The molecular formula is C12H21F2NO2. The largest absolute Gasteiger partial charge is 0.459 e. The molecule has 0 saturated heterocycles. The van der Waals surface area contributed by atoms with Crippen molar-refractivity contribution in [2.24, 2.45) is 11.7 Å². The van der Waals surface area contributed by atoms with Crippen LogP contribution >= 0.6 is 0 Å². The Bertz CT molecular complexity index is 279. The van der Waals surface area contributed by atoms with Crippen molar-refractivity contribution in [3.8, 4) is 0 Å². The van der Waals surface area contributed by atoms with Gasteiger partial charge in [0.1, 0.15) is 11.1 Å². The van der Waals surface area contributed by atoms with E-state index < -0.39 is 29.5 Å². The molecule has 1 aliphatic carbocycles. The van der Waals surface area contributed by atoms with Crippen molar-refractivity contribution in [1.29, 1.82) is 0 Å². The molecular weight excluding hydrogens is 228 g/mol. The van der Waals surface area contributed by atoms with Crippen LogP contribution in [0.5, 0.6) is 0 Å². The molecule has 0 aromatic rings. The standard InChI is InChI=1S/C12H21F2NO2/c1-11(2,3)17-10(16)12(15)6-4-8(5-7-12)9(13)14/h8-9H,4-7,15H2,1-3H3. The molecule has 1 rings (SSSR count). The molecule has 5 heteroatoms. The Hall–Kier alpha value is -0.710. The number of halogens is 2. The summed E-state index contributed by atoms with van der Waals surface area (Å²) >= 11 is 0. The minimum absolute atomic E-state index is 0.275. The molecule has 1 fully saturated rings. The lowest BCUT2D eigenvalue weighted by Crippen LogP contribution is -2.53. The van der Waals surface area contributed by atoms with E-state index in [0.717, 1.165) is 0 Å². The quantitative estimate of drug-likeness (QED) is 0.765. The Labute approximate surface area is 101 Å². The maximum absolute atomic E-state index is 12.5. The fourth-order valence-corrected chi connectivity index (χ4v) is 1.99. The van der Waals surface area contributed by atoms with Crippen molar-refractivity contribution in [3.05, 3.63) is 0 Å². The van der Waals surface area contributed by atoms with E-state index in [2.05, 4.69) is 0 Å². The zero-order valence-electron chi connectivity index (χ0n) is 10.6. The highest BCUT2D eigenvalue weighted by Gasteiger charge is 2.42. The fraction of sp³-hybridized carbons (Fsp3) is 0.917. The van der Waals surface area contributed by atoms with Gasteiger partial charge >= 0.3 is 5.97 Å². The molecule has 1 saturated carbocycles. The first-order chi connectivity index (χ1) is 7.64. The van der Waals surface area contributed by atoms with Gasteiger partial charge in [0.15, 0.2) is 0 Å². The van der Waals surface area contributed by atoms with Crippen molar-refractivity contribution in [2.45, 2.75) is 64.0 Å². The Kier molecular flexibility index (Phi) is 4.12. The maximum Gasteiger partial charge on any atom is 0.326 e. The normalized spacial score (nSPS) is 30.4. The van der Waals surface area contributed by atoms with Crippen LogP contribution in [0, 0.1) is 5.92 Å². The molecule has 0 bridgehead atoms. The van der Waals surface area contributed by atoms with E-state index in [0.29, 0.717) is 0 Å². The Balaban J connectivity index is 2.57. The van der Waals surface area contributed by atoms with Crippen molar-refractivity contribution in [2.75, 3.05) is 0 Å². The van der Waals surface area contributed by atoms with Gasteiger partial charge in [0.05, 0.1) is 0 Å². The summed E-state index contributed by atoms with van der Waals surface area (Å²) in [6.45, 7) is 5.29. The van der Waals surface area contributed by atoms with Crippen LogP contribution in [0.3, 0.4) is 0 Å². The number of hydrogen-bond donors (Lipinski definition) is 1. The van der Waals surface area contributed by atoms with Crippen LogP contribution in [0.1, 0.15) is 46.5 Å². The van der Waals surface area contributed by atoms with Crippen LogP contribution in [0.25, 0.3) is 0 Å². The predicted octanol–water partition coefficient (Wildman–Crippen LogP) is 2.48. The third kappa shape index (κ3) is 3.91. The van der Waals surface area contributed by atoms with Gasteiger partial charge in [-0.1, -0.05) is 0 Å². The van der Waals surface area contributed by atoms with Gasteiger partial charge in [-0.15, -0.1) is 0 Å². The molecule has 0 spiro atoms. The van der Waals surface area contributed by atoms with E-state index in [4.69, 9.17) is 10.5 Å². The number of rotatable bonds is 2. The summed E-state index contributed by atoms with van der Waals surface area (Å²) in [5.41, 5.74) is 4.27. The van der Waals surface area contributed by atoms with Gasteiger partial charge in [-0.05, 0) is 46.5 Å². The highest BCUT2D eigenvalue weighted by Crippen LogP contribution is 2.35. The van der Waals surface area contributed by atoms with E-state index in [1.807, 2.05) is 0 Å². The van der Waals surface area contributed by atoms with Crippen LogP contribution in [-0.4, -0.2) is 23.5 Å². The minimum Gasteiger partial charge on any atom is -0.459 e. The molecule has 2 N–H and O–H groups in total. The molecule has 1 aliphatic rings. The number of ether oxygens (including phenoxy) is 1. The lowest BCUT2D eigenvalue weighted by molar-refractivity contribution is -0.164. The predicted molar refractivity (Wildman–Crippen MR) is 60.7 cm³/mol. The zero-order chi connectivity index (χ0) is 13.3. The van der Waals surface area contributed by atoms with E-state index in [1.54, 1.807) is 20.8 Å². The summed E-state index contributed by atoms with van der Waals surface area (Å²) in [6, 6.07) is 0. The maximum atomic E-state index is 12.5. The molecule has 0 unspecified atom stereocenters. The van der Waals surface area contributed by atoms with E-state index in [9.17, 15) is 13.6 Å². The Morgan fingerprint density at radius 3 is 2.18 bits per heavy atom. The first kappa shape index (κ1) is 14.4. The third-order valence-corrected chi connectivity index (χ3v) is 3.08. The molecule has 100 valence electrons. The monoisotopic (exact) mass is 249 g/mol. The average molecular weight is 249 g/mol. The van der Waals surface area contributed by atoms with Gasteiger partial charge in [-0.3, -0.25) is 4.79 Å². The molecule has 0 atom stereocenters. The molecule has 0 amide bonds. The lowest BCUT2D eigenvalue weighted by atomic mass is 9.77. The van der Waals surface area contributed by atoms with Crippen LogP contribution in [-0.2, 0) is 9.53 Å². The Morgan fingerprint density at radius 2 is 1.82 bits per heavy atom. The second kappa shape index (κ2) is 4.88. The first-order valence-corrected chi connectivity index (χ1v) is 5.94. The number of alkyl halides is 2. The molecule has 17 heavy (non-hydrogen) atoms. The number of carbonyl (C=O) groups excluding carboxylic acids is 1. The molecule has 0 aromatic heterocycles. The van der Waals surface area contributed by atoms with Gasteiger partial charge < -0.3 is 10.5 Å². The van der Waals surface area contributed by atoms with E-state index in [1.165, 1.54) is 0 Å². The molecule has 0 radical (unpaired) electrons. The lowest BCUT2D eigenvalue weighted by Gasteiger charge is -2.36. The molecule has 3 nitrogen and oxygen atoms in total. The molecule has 0 heterocycles. The van der Waals surface area contributed by atoms with Crippen molar-refractivity contribution in [1.82, 2.24) is 0 Å². The molecule has 0 aromatic carbocycles. The minimum atomic E-state index is -2.32. The number of carbonyl (C=O) groups is 1. The van der Waals surface area contributed by atoms with Gasteiger partial charge in [0.25, 0.3) is 0 Å². The van der Waals surface area contributed by atoms with Crippen LogP contribution < -0.4 is 5.73 Å². The topological polar surface area (TPSA) is 52.3 Å². The summed E-state index contributed by atoms with van der Waals surface area (Å²) in [5, 5.41) is 0. The summed E-state index contributed by atoms with van der Waals surface area (Å²) in [7, 11) is 0. The summed E-state index contributed by atoms with van der Waals surface area (Å²) < 4.78 is 30.2. The Morgan fingerprint density at radius 1 is 1.35 bits per heavy atom. The van der Waals surface area contributed by atoms with Crippen LogP contribution in [0.2, 0.25) is 0 Å². The number of esters is 1. The summed E-state index contributed by atoms with van der Waals surface area (Å²) in [5.74, 6) is -1.10. The fourth-order valence-electron chi connectivity index (χ4n) is 1.99. The second-order valence-electron chi connectivity index (χ2n) is 5.83. The SMILES string of the molecule is CC(C)(C)OC(=O)C1(N)CCC(C(F)F)CC1. The second-order valence-corrected chi connectivity index (χ2v) is 5.83. The van der Waals surface area contributed by atoms with Gasteiger partial charge in [0.2, 0.25) is 6.43 Å². The average Bonchev–Trinajstić information content (AvgIpc) is 2.15. The third-order valence-electron chi connectivity index (χ3n) is 3.08. The van der Waals surface area contributed by atoms with Crippen LogP contribution in [0.4, 0.5) is 8.78 Å². The van der Waals surface area contributed by atoms with Crippen molar-refractivity contribution < 1.29 is 18.3 Å². The smallest absolute Gasteiger partial charge is 0.326 e. The van der Waals surface area contributed by atoms with Gasteiger partial charge in [-0.25, -0.2) is 8.78 Å². The van der Waals surface area contributed by atoms with Gasteiger partial charge in [-0.2, -0.15) is 0 Å². The molecule has 0 aliphatic heterocycles. The highest BCUT2D eigenvalue weighted by molar-refractivity contribution is 5.81. The summed E-state index contributed by atoms with van der Waals surface area (Å²) in [4.78, 5) is 11.9. The van der Waals surface area contributed by atoms with Crippen molar-refractivity contribution >= 4 is 5.97 Å². The number of hydrogen-bond acceptors (Lipinski definition) is 3. The van der Waals surface area contributed by atoms with Gasteiger partial charge in [0, 0.05) is 5.92 Å².